The summed E-state index contributed by atoms with van der Waals surface area (Å²) in [4.78, 5) is 12.0. The standard InChI is InChI=1S/C15H20F2N2O/c16-12-5-6-13(17)11(7-12)8-15(20)19-14-4-2-1-3-10(14)9-18/h5-7,10,14H,1-4,8-9,18H2,(H,19,20). The fourth-order valence-electron chi connectivity index (χ4n) is 2.79. The third-order valence-corrected chi connectivity index (χ3v) is 3.92. The molecule has 0 radical (unpaired) electrons. The highest BCUT2D eigenvalue weighted by Gasteiger charge is 2.25. The summed E-state index contributed by atoms with van der Waals surface area (Å²) in [5.41, 5.74) is 5.79. The van der Waals surface area contributed by atoms with Gasteiger partial charge in [0.15, 0.2) is 0 Å². The average molecular weight is 282 g/mol. The number of halogens is 2. The monoisotopic (exact) mass is 282 g/mol. The van der Waals surface area contributed by atoms with Crippen LogP contribution < -0.4 is 11.1 Å². The summed E-state index contributed by atoms with van der Waals surface area (Å²) in [6.45, 7) is 0.541. The number of hydrogen-bond acceptors (Lipinski definition) is 2. The van der Waals surface area contributed by atoms with Gasteiger partial charge in [-0.15, -0.1) is 0 Å². The van der Waals surface area contributed by atoms with Crippen LogP contribution in [-0.4, -0.2) is 18.5 Å². The Morgan fingerprint density at radius 2 is 2.05 bits per heavy atom. The van der Waals surface area contributed by atoms with E-state index < -0.39 is 11.6 Å². The lowest BCUT2D eigenvalue weighted by Crippen LogP contribution is -2.45. The summed E-state index contributed by atoms with van der Waals surface area (Å²) in [6, 6.07) is 3.21. The van der Waals surface area contributed by atoms with Crippen LogP contribution in [-0.2, 0) is 11.2 Å². The third-order valence-electron chi connectivity index (χ3n) is 3.92. The fraction of sp³-hybridized carbons (Fsp3) is 0.533. The maximum atomic E-state index is 13.5. The molecule has 0 saturated heterocycles. The number of carbonyl (C=O) groups excluding carboxylic acids is 1. The van der Waals surface area contributed by atoms with Crippen molar-refractivity contribution >= 4 is 5.91 Å². The van der Waals surface area contributed by atoms with E-state index in [-0.39, 0.29) is 29.9 Å². The maximum absolute atomic E-state index is 13.5. The highest BCUT2D eigenvalue weighted by molar-refractivity contribution is 5.79. The lowest BCUT2D eigenvalue weighted by atomic mass is 9.84. The Hall–Kier alpha value is -1.49. The summed E-state index contributed by atoms with van der Waals surface area (Å²) < 4.78 is 26.5. The van der Waals surface area contributed by atoms with Crippen molar-refractivity contribution in [3.8, 4) is 0 Å². The first kappa shape index (κ1) is 14.9. The molecule has 3 N–H and O–H groups in total. The molecule has 5 heteroatoms. The number of nitrogens with one attached hydrogen (secondary N) is 1. The molecule has 0 heterocycles. The molecule has 0 aliphatic heterocycles. The molecule has 1 aliphatic carbocycles. The van der Waals surface area contributed by atoms with Gasteiger partial charge in [-0.05, 0) is 43.5 Å². The minimum absolute atomic E-state index is 0.0536. The predicted octanol–water partition coefficient (Wildman–Crippen LogP) is 2.14. The van der Waals surface area contributed by atoms with Crippen LogP contribution in [0.25, 0.3) is 0 Å². The Balaban J connectivity index is 1.96. The Kier molecular flexibility index (Phi) is 5.06. The molecule has 0 bridgehead atoms. The van der Waals surface area contributed by atoms with Gasteiger partial charge in [0, 0.05) is 11.6 Å². The third kappa shape index (κ3) is 3.76. The van der Waals surface area contributed by atoms with E-state index in [4.69, 9.17) is 5.73 Å². The van der Waals surface area contributed by atoms with E-state index in [1.54, 1.807) is 0 Å². The molecule has 1 aliphatic rings. The number of nitrogens with two attached hydrogens (primary N) is 1. The predicted molar refractivity (Wildman–Crippen MR) is 73.0 cm³/mol. The van der Waals surface area contributed by atoms with Gasteiger partial charge in [-0.3, -0.25) is 4.79 Å². The molecular formula is C15H20F2N2O. The number of rotatable bonds is 4. The van der Waals surface area contributed by atoms with Crippen LogP contribution in [0.4, 0.5) is 8.78 Å². The molecule has 0 aromatic heterocycles. The van der Waals surface area contributed by atoms with E-state index in [9.17, 15) is 13.6 Å². The topological polar surface area (TPSA) is 55.1 Å². The smallest absolute Gasteiger partial charge is 0.224 e. The normalized spacial score (nSPS) is 22.6. The number of hydrogen-bond donors (Lipinski definition) is 2. The van der Waals surface area contributed by atoms with Gasteiger partial charge in [-0.2, -0.15) is 0 Å². The molecule has 0 spiro atoms. The van der Waals surface area contributed by atoms with Crippen LogP contribution in [0.1, 0.15) is 31.2 Å². The second-order valence-corrected chi connectivity index (χ2v) is 5.37. The summed E-state index contributed by atoms with van der Waals surface area (Å²) in [5.74, 6) is -1.09. The Bertz CT molecular complexity index is 479. The highest BCUT2D eigenvalue weighted by Crippen LogP contribution is 2.23. The SMILES string of the molecule is NCC1CCCCC1NC(=O)Cc1cc(F)ccc1F. The first-order valence-corrected chi connectivity index (χ1v) is 7.03. The van der Waals surface area contributed by atoms with Gasteiger partial charge in [-0.25, -0.2) is 8.78 Å². The lowest BCUT2D eigenvalue weighted by molar-refractivity contribution is -0.121. The van der Waals surface area contributed by atoms with E-state index in [0.29, 0.717) is 6.54 Å². The summed E-state index contributed by atoms with van der Waals surface area (Å²) in [6.07, 6.45) is 3.97. The van der Waals surface area contributed by atoms with E-state index in [2.05, 4.69) is 5.32 Å². The van der Waals surface area contributed by atoms with Crippen molar-refractivity contribution in [3.05, 3.63) is 35.4 Å². The number of carbonyl (C=O) groups is 1. The van der Waals surface area contributed by atoms with Crippen LogP contribution in [0.3, 0.4) is 0 Å². The fourth-order valence-corrected chi connectivity index (χ4v) is 2.79. The van der Waals surface area contributed by atoms with Crippen LogP contribution in [0.2, 0.25) is 0 Å². The van der Waals surface area contributed by atoms with Crippen molar-refractivity contribution in [2.75, 3.05) is 6.54 Å². The molecule has 1 aromatic rings. The first-order valence-electron chi connectivity index (χ1n) is 7.03. The molecule has 2 rings (SSSR count). The molecule has 20 heavy (non-hydrogen) atoms. The van der Waals surface area contributed by atoms with Crippen LogP contribution in [0.15, 0.2) is 18.2 Å². The van der Waals surface area contributed by atoms with Gasteiger partial charge in [0.2, 0.25) is 5.91 Å². The van der Waals surface area contributed by atoms with Crippen molar-refractivity contribution in [2.24, 2.45) is 11.7 Å². The van der Waals surface area contributed by atoms with Crippen molar-refractivity contribution in [1.82, 2.24) is 5.32 Å². The molecule has 1 aromatic carbocycles. The zero-order valence-corrected chi connectivity index (χ0v) is 11.4. The zero-order chi connectivity index (χ0) is 14.5. The van der Waals surface area contributed by atoms with Crippen LogP contribution in [0, 0.1) is 17.6 Å². The summed E-state index contributed by atoms with van der Waals surface area (Å²) >= 11 is 0. The summed E-state index contributed by atoms with van der Waals surface area (Å²) in [5, 5.41) is 2.91. The van der Waals surface area contributed by atoms with E-state index >= 15 is 0 Å². The molecule has 110 valence electrons. The van der Waals surface area contributed by atoms with Crippen molar-refractivity contribution in [2.45, 2.75) is 38.1 Å². The molecule has 1 saturated carbocycles. The minimum atomic E-state index is -0.555. The van der Waals surface area contributed by atoms with E-state index in [1.165, 1.54) is 0 Å². The van der Waals surface area contributed by atoms with Crippen molar-refractivity contribution in [3.63, 3.8) is 0 Å². The largest absolute Gasteiger partial charge is 0.353 e. The molecule has 3 nitrogen and oxygen atoms in total. The molecular weight excluding hydrogens is 262 g/mol. The van der Waals surface area contributed by atoms with Gasteiger partial charge in [0.1, 0.15) is 11.6 Å². The molecule has 1 fully saturated rings. The second-order valence-electron chi connectivity index (χ2n) is 5.37. The quantitative estimate of drug-likeness (QED) is 0.889. The average Bonchev–Trinajstić information content (AvgIpc) is 2.43. The van der Waals surface area contributed by atoms with Crippen molar-refractivity contribution < 1.29 is 13.6 Å². The van der Waals surface area contributed by atoms with Gasteiger partial charge in [0.25, 0.3) is 0 Å². The Morgan fingerprint density at radius 3 is 2.80 bits per heavy atom. The second kappa shape index (κ2) is 6.79. The Labute approximate surface area is 117 Å². The lowest BCUT2D eigenvalue weighted by Gasteiger charge is -2.31. The molecule has 2 atom stereocenters. The summed E-state index contributed by atoms with van der Waals surface area (Å²) in [7, 11) is 0. The molecule has 2 unspecified atom stereocenters. The minimum Gasteiger partial charge on any atom is -0.353 e. The first-order chi connectivity index (χ1) is 9.60. The van der Waals surface area contributed by atoms with Gasteiger partial charge < -0.3 is 11.1 Å². The van der Waals surface area contributed by atoms with Crippen LogP contribution in [0.5, 0.6) is 0 Å². The highest BCUT2D eigenvalue weighted by atomic mass is 19.1. The van der Waals surface area contributed by atoms with E-state index in [1.807, 2.05) is 0 Å². The van der Waals surface area contributed by atoms with Crippen molar-refractivity contribution in [1.29, 1.82) is 0 Å². The number of benzene rings is 1. The van der Waals surface area contributed by atoms with Gasteiger partial charge in [-0.1, -0.05) is 12.8 Å². The van der Waals surface area contributed by atoms with E-state index in [0.717, 1.165) is 43.9 Å². The van der Waals surface area contributed by atoms with Gasteiger partial charge in [0.05, 0.1) is 6.42 Å². The zero-order valence-electron chi connectivity index (χ0n) is 11.4. The Morgan fingerprint density at radius 1 is 1.30 bits per heavy atom. The number of amides is 1. The van der Waals surface area contributed by atoms with Gasteiger partial charge >= 0.3 is 0 Å². The maximum Gasteiger partial charge on any atom is 0.224 e. The molecule has 1 amide bonds. The van der Waals surface area contributed by atoms with Crippen LogP contribution >= 0.6 is 0 Å².